The van der Waals surface area contributed by atoms with Gasteiger partial charge < -0.3 is 20.3 Å². The van der Waals surface area contributed by atoms with Crippen LogP contribution in [0.5, 0.6) is 0 Å². The predicted octanol–water partition coefficient (Wildman–Crippen LogP) is 16.8. The van der Waals surface area contributed by atoms with Gasteiger partial charge in [-0.15, -0.1) is 0 Å². The zero-order valence-electron chi connectivity index (χ0n) is 42.4. The molecule has 3 unspecified atom stereocenters. The summed E-state index contributed by atoms with van der Waals surface area (Å²) in [6, 6.07) is -0.710. The lowest BCUT2D eigenvalue weighted by Crippen LogP contribution is -2.46. The van der Waals surface area contributed by atoms with E-state index in [0.717, 1.165) is 89.9 Å². The highest BCUT2D eigenvalue weighted by Crippen LogP contribution is 2.18. The molecule has 0 aromatic carbocycles. The Balaban J connectivity index is 4.54. The molecule has 372 valence electrons. The van der Waals surface area contributed by atoms with Crippen molar-refractivity contribution < 1.29 is 24.5 Å². The third-order valence-corrected chi connectivity index (χ3v) is 12.4. The number of carbonyl (C=O) groups is 2. The lowest BCUT2D eigenvalue weighted by Gasteiger charge is -2.24. The highest BCUT2D eigenvalue weighted by atomic mass is 16.5. The standard InChI is InChI=1S/C58H105NO5/c1-4-7-10-13-16-19-22-25-26-27-28-29-30-33-36-39-42-45-48-51-58(63)64-54(49-46-43-40-37-34-31-23-20-17-14-11-8-5-2)52-57(62)59-55(53-60)56(61)50-47-44-41-38-35-32-24-21-18-15-12-9-6-3/h8,11,14,16-17,19-20,23,25-26,54-56,60-61H,4-7,9-10,12-13,15,18,21-22,24,27-53H2,1-3H3,(H,59,62)/b11-8+,17-14+,19-16-,23-20+,26-25-. The van der Waals surface area contributed by atoms with Gasteiger partial charge in [0.15, 0.2) is 0 Å². The number of carbonyl (C=O) groups excluding carboxylic acids is 2. The molecule has 1 amide bonds. The minimum Gasteiger partial charge on any atom is -0.462 e. The molecule has 0 aromatic heterocycles. The Kier molecular flexibility index (Phi) is 49.6. The molecule has 0 aromatic rings. The van der Waals surface area contributed by atoms with Crippen LogP contribution in [-0.4, -0.2) is 46.9 Å². The quantitative estimate of drug-likeness (QED) is 0.0245. The molecule has 0 aliphatic rings. The fourth-order valence-electron chi connectivity index (χ4n) is 8.23. The van der Waals surface area contributed by atoms with Crippen molar-refractivity contribution in [3.63, 3.8) is 0 Å². The van der Waals surface area contributed by atoms with Crippen molar-refractivity contribution in [1.82, 2.24) is 5.32 Å². The van der Waals surface area contributed by atoms with Crippen molar-refractivity contribution in [1.29, 1.82) is 0 Å². The van der Waals surface area contributed by atoms with Crippen molar-refractivity contribution >= 4 is 11.9 Å². The zero-order valence-corrected chi connectivity index (χ0v) is 42.4. The van der Waals surface area contributed by atoms with Crippen LogP contribution in [0.2, 0.25) is 0 Å². The molecule has 3 N–H and O–H groups in total. The van der Waals surface area contributed by atoms with Crippen molar-refractivity contribution in [2.24, 2.45) is 0 Å². The summed E-state index contributed by atoms with van der Waals surface area (Å²) in [5.74, 6) is -0.494. The Morgan fingerprint density at radius 2 is 0.906 bits per heavy atom. The van der Waals surface area contributed by atoms with Gasteiger partial charge in [0.05, 0.1) is 25.2 Å². The summed E-state index contributed by atoms with van der Waals surface area (Å²) in [6.07, 6.45) is 64.2. The first-order chi connectivity index (χ1) is 31.5. The summed E-state index contributed by atoms with van der Waals surface area (Å²) >= 11 is 0. The largest absolute Gasteiger partial charge is 0.462 e. The smallest absolute Gasteiger partial charge is 0.306 e. The molecule has 0 fully saturated rings. The van der Waals surface area contributed by atoms with Gasteiger partial charge in [0.1, 0.15) is 6.10 Å². The van der Waals surface area contributed by atoms with E-state index in [-0.39, 0.29) is 24.9 Å². The van der Waals surface area contributed by atoms with E-state index >= 15 is 0 Å². The Morgan fingerprint density at radius 1 is 0.484 bits per heavy atom. The Labute approximate surface area is 397 Å². The number of hydrogen-bond donors (Lipinski definition) is 3. The maximum absolute atomic E-state index is 13.2. The first-order valence-electron chi connectivity index (χ1n) is 27.5. The summed E-state index contributed by atoms with van der Waals surface area (Å²) in [7, 11) is 0. The first kappa shape index (κ1) is 61.6. The van der Waals surface area contributed by atoms with Crippen LogP contribution in [0.1, 0.15) is 271 Å². The minimum atomic E-state index is -0.795. The van der Waals surface area contributed by atoms with Crippen molar-refractivity contribution in [3.05, 3.63) is 60.8 Å². The van der Waals surface area contributed by atoms with Crippen LogP contribution in [0.3, 0.4) is 0 Å². The van der Waals surface area contributed by atoms with E-state index in [1.807, 2.05) is 0 Å². The number of aliphatic hydroxyl groups is 2. The summed E-state index contributed by atoms with van der Waals surface area (Å²) in [5, 5.41) is 23.8. The average molecular weight is 896 g/mol. The van der Waals surface area contributed by atoms with Crippen LogP contribution in [-0.2, 0) is 14.3 Å². The zero-order chi connectivity index (χ0) is 46.7. The number of amides is 1. The predicted molar refractivity (Wildman–Crippen MR) is 278 cm³/mol. The van der Waals surface area contributed by atoms with Crippen LogP contribution in [0.25, 0.3) is 0 Å². The highest BCUT2D eigenvalue weighted by molar-refractivity contribution is 5.77. The second kappa shape index (κ2) is 51.5. The number of unbranched alkanes of at least 4 members (excludes halogenated alkanes) is 29. The lowest BCUT2D eigenvalue weighted by molar-refractivity contribution is -0.151. The topological polar surface area (TPSA) is 95.9 Å². The van der Waals surface area contributed by atoms with E-state index in [1.54, 1.807) is 0 Å². The van der Waals surface area contributed by atoms with Crippen LogP contribution < -0.4 is 5.32 Å². The van der Waals surface area contributed by atoms with Gasteiger partial charge in [0.25, 0.3) is 0 Å². The highest BCUT2D eigenvalue weighted by Gasteiger charge is 2.24. The third kappa shape index (κ3) is 46.1. The van der Waals surface area contributed by atoms with E-state index in [0.29, 0.717) is 19.3 Å². The van der Waals surface area contributed by atoms with Crippen LogP contribution in [0, 0.1) is 0 Å². The number of nitrogens with one attached hydrogen (secondary N) is 1. The molecule has 0 bridgehead atoms. The Morgan fingerprint density at radius 3 is 1.42 bits per heavy atom. The molecule has 0 aliphatic carbocycles. The number of hydrogen-bond acceptors (Lipinski definition) is 5. The molecule has 64 heavy (non-hydrogen) atoms. The molecule has 6 nitrogen and oxygen atoms in total. The van der Waals surface area contributed by atoms with Gasteiger partial charge in [-0.25, -0.2) is 0 Å². The first-order valence-corrected chi connectivity index (χ1v) is 27.5. The third-order valence-electron chi connectivity index (χ3n) is 12.4. The molecule has 0 saturated carbocycles. The molecule has 3 atom stereocenters. The van der Waals surface area contributed by atoms with Crippen LogP contribution in [0.4, 0.5) is 0 Å². The summed E-state index contributed by atoms with van der Waals surface area (Å²) < 4.78 is 5.94. The van der Waals surface area contributed by atoms with E-state index in [4.69, 9.17) is 4.74 Å². The van der Waals surface area contributed by atoms with Crippen molar-refractivity contribution in [3.8, 4) is 0 Å². The van der Waals surface area contributed by atoms with E-state index in [2.05, 4.69) is 86.8 Å². The monoisotopic (exact) mass is 896 g/mol. The van der Waals surface area contributed by atoms with Crippen molar-refractivity contribution in [2.45, 2.75) is 289 Å². The molecular formula is C58H105NO5. The van der Waals surface area contributed by atoms with Gasteiger partial charge in [-0.2, -0.15) is 0 Å². The van der Waals surface area contributed by atoms with Crippen LogP contribution in [0.15, 0.2) is 60.8 Å². The molecule has 0 heterocycles. The van der Waals surface area contributed by atoms with E-state index in [9.17, 15) is 19.8 Å². The van der Waals surface area contributed by atoms with Gasteiger partial charge in [-0.1, -0.05) is 242 Å². The second-order valence-electron chi connectivity index (χ2n) is 18.7. The SMILES string of the molecule is CC/C=C/C=C/C=C/CCCCCCCC(CC(=O)NC(CO)C(O)CCCCCCCCCCCCCCC)OC(=O)CCCCCCCCCCC/C=C\C/C=C\CCCCC. The van der Waals surface area contributed by atoms with Gasteiger partial charge in [-0.05, 0) is 77.0 Å². The van der Waals surface area contributed by atoms with Gasteiger partial charge >= 0.3 is 5.97 Å². The van der Waals surface area contributed by atoms with E-state index in [1.165, 1.54) is 135 Å². The summed E-state index contributed by atoms with van der Waals surface area (Å²) in [4.78, 5) is 26.2. The Hall–Kier alpha value is -2.44. The molecule has 0 spiro atoms. The maximum atomic E-state index is 13.2. The van der Waals surface area contributed by atoms with Crippen molar-refractivity contribution in [2.75, 3.05) is 6.61 Å². The molecule has 0 rings (SSSR count). The molecule has 0 aliphatic heterocycles. The fourth-order valence-corrected chi connectivity index (χ4v) is 8.23. The van der Waals surface area contributed by atoms with Gasteiger partial charge in [0.2, 0.25) is 5.91 Å². The average Bonchev–Trinajstić information content (AvgIpc) is 3.29. The summed E-state index contributed by atoms with van der Waals surface area (Å²) in [5.41, 5.74) is 0. The number of esters is 1. The minimum absolute atomic E-state index is 0.0618. The number of allylic oxidation sites excluding steroid dienone is 10. The second-order valence-corrected chi connectivity index (χ2v) is 18.7. The molecule has 0 saturated heterocycles. The van der Waals surface area contributed by atoms with Gasteiger partial charge in [-0.3, -0.25) is 9.59 Å². The molecule has 6 heteroatoms. The molecule has 0 radical (unpaired) electrons. The lowest BCUT2D eigenvalue weighted by atomic mass is 10.0. The summed E-state index contributed by atoms with van der Waals surface area (Å²) in [6.45, 7) is 6.34. The number of rotatable bonds is 49. The van der Waals surface area contributed by atoms with Gasteiger partial charge in [0, 0.05) is 6.42 Å². The normalized spacial score (nSPS) is 13.6. The van der Waals surface area contributed by atoms with E-state index < -0.39 is 18.2 Å². The number of ether oxygens (including phenoxy) is 1. The number of aliphatic hydroxyl groups excluding tert-OH is 2. The molecular weight excluding hydrogens is 791 g/mol. The maximum Gasteiger partial charge on any atom is 0.306 e. The Bertz CT molecular complexity index is 1140. The van der Waals surface area contributed by atoms with Crippen LogP contribution >= 0.6 is 0 Å². The fraction of sp³-hybridized carbons (Fsp3) is 0.793.